The van der Waals surface area contributed by atoms with E-state index in [1.807, 2.05) is 30.0 Å². The minimum Gasteiger partial charge on any atom is -0.381 e. The van der Waals surface area contributed by atoms with Gasteiger partial charge in [-0.1, -0.05) is 34.1 Å². The number of nitrogens with zero attached hydrogens (tertiary/aromatic N) is 2. The third-order valence-corrected chi connectivity index (χ3v) is 6.40. The van der Waals surface area contributed by atoms with Crippen molar-refractivity contribution in [3.63, 3.8) is 0 Å². The van der Waals surface area contributed by atoms with Crippen LogP contribution in [-0.2, 0) is 4.74 Å². The lowest BCUT2D eigenvalue weighted by atomic mass is 9.85. The average Bonchev–Trinajstić information content (AvgIpc) is 2.54. The molecule has 1 saturated heterocycles. The van der Waals surface area contributed by atoms with E-state index in [-0.39, 0.29) is 0 Å². The van der Waals surface area contributed by atoms with Gasteiger partial charge in [0.15, 0.2) is 0 Å². The van der Waals surface area contributed by atoms with Crippen molar-refractivity contribution in [2.75, 3.05) is 24.3 Å². The smallest absolute Gasteiger partial charge is 0.117 e. The van der Waals surface area contributed by atoms with Crippen LogP contribution >= 0.6 is 27.7 Å². The maximum absolute atomic E-state index is 5.49. The van der Waals surface area contributed by atoms with Gasteiger partial charge >= 0.3 is 0 Å². The van der Waals surface area contributed by atoms with Crippen molar-refractivity contribution in [3.8, 4) is 0 Å². The summed E-state index contributed by atoms with van der Waals surface area (Å²) in [7, 11) is 0. The summed E-state index contributed by atoms with van der Waals surface area (Å²) in [5.41, 5.74) is 1.35. The molecule has 3 rings (SSSR count). The van der Waals surface area contributed by atoms with Crippen molar-refractivity contribution in [1.29, 1.82) is 0 Å². The molecule has 2 heterocycles. The highest BCUT2D eigenvalue weighted by Gasteiger charge is 2.31. The maximum atomic E-state index is 5.49. The molecule has 0 unspecified atom stereocenters. The fraction of sp³-hybridized carbons (Fsp3) is 0.467. The van der Waals surface area contributed by atoms with E-state index in [1.165, 1.54) is 0 Å². The van der Waals surface area contributed by atoms with E-state index in [0.29, 0.717) is 5.41 Å². The molecule has 106 valence electrons. The first-order valence-corrected chi connectivity index (χ1v) is 8.90. The Labute approximate surface area is 131 Å². The zero-order chi connectivity index (χ0) is 13.8. The van der Waals surface area contributed by atoms with Gasteiger partial charge in [-0.15, -0.1) is 11.8 Å². The lowest BCUT2D eigenvalue weighted by Gasteiger charge is -2.35. The molecule has 0 radical (unpaired) electrons. The van der Waals surface area contributed by atoms with Crippen LogP contribution in [0.5, 0.6) is 0 Å². The molecule has 3 nitrogen and oxygen atoms in total. The Kier molecular flexibility index (Phi) is 4.58. The van der Waals surface area contributed by atoms with Crippen molar-refractivity contribution in [3.05, 3.63) is 30.6 Å². The number of para-hydroxylation sites is 1. The second kappa shape index (κ2) is 6.41. The molecule has 1 aliphatic rings. The zero-order valence-electron chi connectivity index (χ0n) is 11.2. The van der Waals surface area contributed by atoms with Gasteiger partial charge in [0.05, 0.1) is 5.52 Å². The highest BCUT2D eigenvalue weighted by molar-refractivity contribution is 9.09. The van der Waals surface area contributed by atoms with Crippen molar-refractivity contribution < 1.29 is 4.74 Å². The van der Waals surface area contributed by atoms with Crippen molar-refractivity contribution >= 4 is 38.6 Å². The van der Waals surface area contributed by atoms with E-state index in [4.69, 9.17) is 4.74 Å². The molecule has 1 aliphatic heterocycles. The first kappa shape index (κ1) is 14.3. The van der Waals surface area contributed by atoms with E-state index < -0.39 is 0 Å². The van der Waals surface area contributed by atoms with Crippen LogP contribution in [0.1, 0.15) is 12.8 Å². The number of halogens is 1. The number of benzene rings is 1. The lowest BCUT2D eigenvalue weighted by Crippen LogP contribution is -2.33. The van der Waals surface area contributed by atoms with Gasteiger partial charge in [0.25, 0.3) is 0 Å². The number of alkyl halides is 1. The highest BCUT2D eigenvalue weighted by atomic mass is 79.9. The molecular formula is C15H17BrN2OS. The largest absolute Gasteiger partial charge is 0.381 e. The van der Waals surface area contributed by atoms with E-state index in [1.54, 1.807) is 6.33 Å². The number of ether oxygens (including phenoxy) is 1. The molecule has 1 aromatic carbocycles. The monoisotopic (exact) mass is 352 g/mol. The van der Waals surface area contributed by atoms with Gasteiger partial charge in [-0.05, 0) is 24.3 Å². The van der Waals surface area contributed by atoms with Gasteiger partial charge in [-0.2, -0.15) is 0 Å². The summed E-state index contributed by atoms with van der Waals surface area (Å²) in [5.74, 6) is 1.07. The predicted molar refractivity (Wildman–Crippen MR) is 86.5 cm³/mol. The Morgan fingerprint density at radius 3 is 2.80 bits per heavy atom. The van der Waals surface area contributed by atoms with Gasteiger partial charge in [0, 0.05) is 29.7 Å². The van der Waals surface area contributed by atoms with Crippen LogP contribution in [0.15, 0.2) is 35.6 Å². The first-order valence-electron chi connectivity index (χ1n) is 6.79. The summed E-state index contributed by atoms with van der Waals surface area (Å²) in [4.78, 5) is 8.78. The van der Waals surface area contributed by atoms with Crippen LogP contribution in [0.2, 0.25) is 0 Å². The number of hydrogen-bond acceptors (Lipinski definition) is 4. The lowest BCUT2D eigenvalue weighted by molar-refractivity contribution is 0.0374. The van der Waals surface area contributed by atoms with Crippen molar-refractivity contribution in [2.45, 2.75) is 17.9 Å². The fourth-order valence-electron chi connectivity index (χ4n) is 2.44. The quantitative estimate of drug-likeness (QED) is 0.474. The van der Waals surface area contributed by atoms with E-state index >= 15 is 0 Å². The molecule has 0 amide bonds. The predicted octanol–water partition coefficient (Wildman–Crippen LogP) is 3.91. The second-order valence-electron chi connectivity index (χ2n) is 5.23. The van der Waals surface area contributed by atoms with Crippen LogP contribution in [0.25, 0.3) is 10.9 Å². The Morgan fingerprint density at radius 1 is 1.20 bits per heavy atom. The molecule has 20 heavy (non-hydrogen) atoms. The average molecular weight is 353 g/mol. The molecule has 0 aliphatic carbocycles. The number of thioether (sulfide) groups is 1. The van der Waals surface area contributed by atoms with Crippen molar-refractivity contribution in [2.24, 2.45) is 5.41 Å². The highest BCUT2D eigenvalue weighted by Crippen LogP contribution is 2.38. The Bertz CT molecular complexity index is 582. The van der Waals surface area contributed by atoms with Gasteiger partial charge in [-0.3, -0.25) is 0 Å². The topological polar surface area (TPSA) is 35.0 Å². The standard InChI is InChI=1S/C15H17BrN2OS/c16-9-15(5-7-19-8-6-15)10-20-14-12-3-1-2-4-13(12)17-11-18-14/h1-4,11H,5-10H2. The minimum absolute atomic E-state index is 0.328. The Balaban J connectivity index is 1.79. The summed E-state index contributed by atoms with van der Waals surface area (Å²) in [6.07, 6.45) is 3.90. The normalized spacial score (nSPS) is 18.2. The molecule has 5 heteroatoms. The molecule has 1 aromatic heterocycles. The van der Waals surface area contributed by atoms with E-state index in [2.05, 4.69) is 32.0 Å². The van der Waals surface area contributed by atoms with Gasteiger partial charge in [-0.25, -0.2) is 9.97 Å². The number of hydrogen-bond donors (Lipinski definition) is 0. The summed E-state index contributed by atoms with van der Waals surface area (Å²) < 4.78 is 5.49. The summed E-state index contributed by atoms with van der Waals surface area (Å²) in [6, 6.07) is 8.20. The third kappa shape index (κ3) is 3.00. The van der Waals surface area contributed by atoms with Gasteiger partial charge < -0.3 is 4.74 Å². The second-order valence-corrected chi connectivity index (χ2v) is 6.76. The number of fused-ring (bicyclic) bond motifs is 1. The molecule has 0 N–H and O–H groups in total. The van der Waals surface area contributed by atoms with Crippen LogP contribution in [0.3, 0.4) is 0 Å². The molecule has 0 atom stereocenters. The van der Waals surface area contributed by atoms with Crippen molar-refractivity contribution in [1.82, 2.24) is 9.97 Å². The summed E-state index contributed by atoms with van der Waals surface area (Å²) in [5, 5.41) is 3.26. The first-order chi connectivity index (χ1) is 9.83. The maximum Gasteiger partial charge on any atom is 0.117 e. The molecule has 0 spiro atoms. The molecule has 1 fully saturated rings. The molecular weight excluding hydrogens is 336 g/mol. The van der Waals surface area contributed by atoms with Crippen LogP contribution in [0.4, 0.5) is 0 Å². The summed E-state index contributed by atoms with van der Waals surface area (Å²) >= 11 is 5.53. The zero-order valence-corrected chi connectivity index (χ0v) is 13.6. The number of rotatable bonds is 4. The van der Waals surface area contributed by atoms with Gasteiger partial charge in [0.2, 0.25) is 0 Å². The Hall–Kier alpha value is -0.650. The van der Waals surface area contributed by atoms with Crippen LogP contribution in [0, 0.1) is 5.41 Å². The summed E-state index contributed by atoms with van der Waals surface area (Å²) in [6.45, 7) is 1.74. The SMILES string of the molecule is BrCC1(CSc2ncnc3ccccc23)CCOCC1. The van der Waals surface area contributed by atoms with Crippen LogP contribution < -0.4 is 0 Å². The minimum atomic E-state index is 0.328. The third-order valence-electron chi connectivity index (χ3n) is 3.86. The van der Waals surface area contributed by atoms with Crippen LogP contribution in [-0.4, -0.2) is 34.3 Å². The Morgan fingerprint density at radius 2 is 2.00 bits per heavy atom. The molecule has 0 bridgehead atoms. The van der Waals surface area contributed by atoms with E-state index in [9.17, 15) is 0 Å². The number of aromatic nitrogens is 2. The van der Waals surface area contributed by atoms with Gasteiger partial charge in [0.1, 0.15) is 11.4 Å². The fourth-order valence-corrected chi connectivity index (χ4v) is 4.74. The molecule has 0 saturated carbocycles. The molecule has 2 aromatic rings. The van der Waals surface area contributed by atoms with E-state index in [0.717, 1.165) is 53.1 Å².